The van der Waals surface area contributed by atoms with Crippen LogP contribution in [0.2, 0.25) is 0 Å². The molecule has 1 fully saturated rings. The van der Waals surface area contributed by atoms with Gasteiger partial charge in [0.25, 0.3) is 0 Å². The van der Waals surface area contributed by atoms with Crippen LogP contribution in [0.5, 0.6) is 0 Å². The van der Waals surface area contributed by atoms with Gasteiger partial charge in [0.15, 0.2) is 0 Å². The van der Waals surface area contributed by atoms with E-state index in [4.69, 9.17) is 5.11 Å². The molecule has 7 heteroatoms. The number of hydrogen-bond donors (Lipinski definition) is 2. The monoisotopic (exact) mass is 297 g/mol. The molecule has 3 atom stereocenters. The molecule has 2 heterocycles. The molecule has 0 bridgehead atoms. The first-order valence-corrected chi connectivity index (χ1v) is 7.46. The summed E-state index contributed by atoms with van der Waals surface area (Å²) >= 11 is 1.51. The van der Waals surface area contributed by atoms with E-state index in [1.807, 2.05) is 26.2 Å². The van der Waals surface area contributed by atoms with Gasteiger partial charge < -0.3 is 15.3 Å². The maximum atomic E-state index is 12.1. The van der Waals surface area contributed by atoms with Crippen molar-refractivity contribution >= 4 is 23.3 Å². The fourth-order valence-corrected chi connectivity index (χ4v) is 3.17. The number of rotatable bonds is 3. The Hall–Kier alpha value is -1.63. The molecule has 0 saturated carbocycles. The number of likely N-dealkylation sites (tertiary alicyclic amines) is 1. The summed E-state index contributed by atoms with van der Waals surface area (Å²) in [5.74, 6) is -1.33. The van der Waals surface area contributed by atoms with E-state index in [1.165, 1.54) is 11.3 Å². The molecule has 0 spiro atoms. The van der Waals surface area contributed by atoms with Gasteiger partial charge in [0.2, 0.25) is 0 Å². The first-order valence-electron chi connectivity index (χ1n) is 6.58. The summed E-state index contributed by atoms with van der Waals surface area (Å²) in [5, 5.41) is 14.8. The standard InChI is InChI=1S/C13H19N3O3S/c1-7-4-16(5-10(7)12(17)18)13(19)15-9(3)11-14-8(2)6-20-11/h6-7,9-10H,4-5H2,1-3H3,(H,15,19)(H,17,18). The molecule has 1 aliphatic rings. The largest absolute Gasteiger partial charge is 0.481 e. The van der Waals surface area contributed by atoms with Crippen LogP contribution >= 0.6 is 11.3 Å². The van der Waals surface area contributed by atoms with Crippen LogP contribution in [0, 0.1) is 18.8 Å². The smallest absolute Gasteiger partial charge is 0.317 e. The Labute approximate surface area is 121 Å². The lowest BCUT2D eigenvalue weighted by Gasteiger charge is -2.19. The van der Waals surface area contributed by atoms with Gasteiger partial charge in [-0.1, -0.05) is 6.92 Å². The van der Waals surface area contributed by atoms with Crippen LogP contribution in [0.4, 0.5) is 4.79 Å². The number of nitrogens with zero attached hydrogens (tertiary/aromatic N) is 2. The van der Waals surface area contributed by atoms with E-state index in [-0.39, 0.29) is 24.5 Å². The highest BCUT2D eigenvalue weighted by molar-refractivity contribution is 7.09. The number of aryl methyl sites for hydroxylation is 1. The molecule has 1 aliphatic heterocycles. The molecule has 2 amide bonds. The summed E-state index contributed by atoms with van der Waals surface area (Å²) in [4.78, 5) is 29.1. The van der Waals surface area contributed by atoms with E-state index >= 15 is 0 Å². The van der Waals surface area contributed by atoms with Crippen LogP contribution in [0.3, 0.4) is 0 Å². The lowest BCUT2D eigenvalue weighted by atomic mass is 9.99. The minimum atomic E-state index is -0.837. The van der Waals surface area contributed by atoms with Gasteiger partial charge in [-0.15, -0.1) is 11.3 Å². The average Bonchev–Trinajstić information content (AvgIpc) is 2.95. The highest BCUT2D eigenvalue weighted by atomic mass is 32.1. The van der Waals surface area contributed by atoms with Gasteiger partial charge in [-0.3, -0.25) is 4.79 Å². The van der Waals surface area contributed by atoms with E-state index in [0.717, 1.165) is 10.7 Å². The Balaban J connectivity index is 1.94. The van der Waals surface area contributed by atoms with Crippen molar-refractivity contribution in [1.82, 2.24) is 15.2 Å². The second-order valence-corrected chi connectivity index (χ2v) is 6.21. The van der Waals surface area contributed by atoms with Crippen LogP contribution in [-0.2, 0) is 4.79 Å². The number of hydrogen-bond acceptors (Lipinski definition) is 4. The second-order valence-electron chi connectivity index (χ2n) is 5.33. The molecular weight excluding hydrogens is 278 g/mol. The van der Waals surface area contributed by atoms with Crippen molar-refractivity contribution in [3.05, 3.63) is 16.1 Å². The zero-order valence-electron chi connectivity index (χ0n) is 11.8. The van der Waals surface area contributed by atoms with E-state index in [0.29, 0.717) is 6.54 Å². The molecule has 0 aromatic carbocycles. The number of aliphatic carboxylic acids is 1. The number of nitrogens with one attached hydrogen (secondary N) is 1. The Kier molecular flexibility index (Phi) is 4.27. The van der Waals surface area contributed by atoms with Crippen molar-refractivity contribution in [2.75, 3.05) is 13.1 Å². The number of urea groups is 1. The number of carboxylic acids is 1. The summed E-state index contributed by atoms with van der Waals surface area (Å²) in [6, 6.07) is -0.388. The van der Waals surface area contributed by atoms with Crippen LogP contribution in [0.1, 0.15) is 30.6 Å². The van der Waals surface area contributed by atoms with Crippen molar-refractivity contribution in [2.24, 2.45) is 11.8 Å². The van der Waals surface area contributed by atoms with Crippen molar-refractivity contribution in [3.63, 3.8) is 0 Å². The first-order chi connectivity index (χ1) is 9.38. The van der Waals surface area contributed by atoms with Crippen LogP contribution < -0.4 is 5.32 Å². The fourth-order valence-electron chi connectivity index (χ4n) is 2.36. The van der Waals surface area contributed by atoms with Crippen molar-refractivity contribution in [2.45, 2.75) is 26.8 Å². The van der Waals surface area contributed by atoms with Crippen LogP contribution in [-0.4, -0.2) is 40.1 Å². The third-order valence-corrected chi connectivity index (χ3v) is 4.71. The summed E-state index contributed by atoms with van der Waals surface area (Å²) in [6.07, 6.45) is 0. The Bertz CT molecular complexity index is 517. The maximum Gasteiger partial charge on any atom is 0.317 e. The fraction of sp³-hybridized carbons (Fsp3) is 0.615. The van der Waals surface area contributed by atoms with Gasteiger partial charge in [0, 0.05) is 24.2 Å². The molecule has 1 aromatic rings. The molecular formula is C13H19N3O3S. The zero-order valence-corrected chi connectivity index (χ0v) is 12.6. The number of aromatic nitrogens is 1. The average molecular weight is 297 g/mol. The Morgan fingerprint density at radius 3 is 2.75 bits per heavy atom. The third kappa shape index (κ3) is 3.09. The first kappa shape index (κ1) is 14.8. The SMILES string of the molecule is Cc1csc(C(C)NC(=O)N2CC(C)C(C(=O)O)C2)n1. The summed E-state index contributed by atoms with van der Waals surface area (Å²) in [7, 11) is 0. The lowest BCUT2D eigenvalue weighted by molar-refractivity contribution is -0.142. The summed E-state index contributed by atoms with van der Waals surface area (Å²) < 4.78 is 0. The molecule has 0 radical (unpaired) electrons. The van der Waals surface area contributed by atoms with E-state index in [1.54, 1.807) is 4.90 Å². The minimum absolute atomic E-state index is 0.0179. The molecule has 2 rings (SSSR count). The van der Waals surface area contributed by atoms with Gasteiger partial charge >= 0.3 is 12.0 Å². The molecule has 1 saturated heterocycles. The zero-order chi connectivity index (χ0) is 14.9. The Morgan fingerprint density at radius 2 is 2.25 bits per heavy atom. The number of carbonyl (C=O) groups excluding carboxylic acids is 1. The van der Waals surface area contributed by atoms with Crippen molar-refractivity contribution < 1.29 is 14.7 Å². The van der Waals surface area contributed by atoms with Gasteiger partial charge in [-0.25, -0.2) is 9.78 Å². The highest BCUT2D eigenvalue weighted by Gasteiger charge is 2.37. The van der Waals surface area contributed by atoms with Gasteiger partial charge in [0.1, 0.15) is 5.01 Å². The summed E-state index contributed by atoms with van der Waals surface area (Å²) in [6.45, 7) is 6.40. The third-order valence-electron chi connectivity index (χ3n) is 3.56. The molecule has 1 aromatic heterocycles. The van der Waals surface area contributed by atoms with Gasteiger partial charge in [-0.2, -0.15) is 0 Å². The molecule has 110 valence electrons. The normalized spacial score (nSPS) is 23.6. The Morgan fingerprint density at radius 1 is 1.55 bits per heavy atom. The van der Waals surface area contributed by atoms with Crippen LogP contribution in [0.25, 0.3) is 0 Å². The molecule has 2 N–H and O–H groups in total. The minimum Gasteiger partial charge on any atom is -0.481 e. The topological polar surface area (TPSA) is 82.5 Å². The number of carbonyl (C=O) groups is 2. The number of carboxylic acid groups (broad SMARTS) is 1. The van der Waals surface area contributed by atoms with Gasteiger partial charge in [-0.05, 0) is 19.8 Å². The second kappa shape index (κ2) is 5.78. The molecule has 0 aliphatic carbocycles. The number of thiazole rings is 1. The molecule has 6 nitrogen and oxygen atoms in total. The lowest BCUT2D eigenvalue weighted by Crippen LogP contribution is -2.40. The molecule has 3 unspecified atom stereocenters. The number of amides is 2. The predicted molar refractivity (Wildman–Crippen MR) is 75.7 cm³/mol. The van der Waals surface area contributed by atoms with Gasteiger partial charge in [0.05, 0.1) is 12.0 Å². The predicted octanol–water partition coefficient (Wildman–Crippen LogP) is 1.87. The van der Waals surface area contributed by atoms with Crippen molar-refractivity contribution in [3.8, 4) is 0 Å². The van der Waals surface area contributed by atoms with Crippen LogP contribution in [0.15, 0.2) is 5.38 Å². The van der Waals surface area contributed by atoms with E-state index in [2.05, 4.69) is 10.3 Å². The maximum absolute atomic E-state index is 12.1. The summed E-state index contributed by atoms with van der Waals surface area (Å²) in [5.41, 5.74) is 0.937. The van der Waals surface area contributed by atoms with Crippen molar-refractivity contribution in [1.29, 1.82) is 0 Å². The quantitative estimate of drug-likeness (QED) is 0.892. The molecule has 20 heavy (non-hydrogen) atoms. The van der Waals surface area contributed by atoms with E-state index in [9.17, 15) is 9.59 Å². The van der Waals surface area contributed by atoms with E-state index < -0.39 is 11.9 Å². The highest BCUT2D eigenvalue weighted by Crippen LogP contribution is 2.24.